The highest BCUT2D eigenvalue weighted by Crippen LogP contribution is 2.30. The van der Waals surface area contributed by atoms with Gasteiger partial charge in [0.15, 0.2) is 0 Å². The van der Waals surface area contributed by atoms with E-state index in [4.69, 9.17) is 4.74 Å². The summed E-state index contributed by atoms with van der Waals surface area (Å²) in [4.78, 5) is 2.46. The minimum Gasteiger partial charge on any atom is -0.493 e. The molecule has 3 nitrogen and oxygen atoms in total. The zero-order valence-corrected chi connectivity index (χ0v) is 16.2. The number of alkyl halides is 3. The molecule has 2 aromatic carbocycles. The summed E-state index contributed by atoms with van der Waals surface area (Å²) in [6.07, 6.45) is 0.0321. The molecular weight excluding hydrogens is 377 g/mol. The van der Waals surface area contributed by atoms with E-state index in [0.29, 0.717) is 18.3 Å². The summed E-state index contributed by atoms with van der Waals surface area (Å²) in [5.74, 6) is 0.890. The predicted octanol–water partition coefficient (Wildman–Crippen LogP) is 5.45. The molecule has 4 rings (SSSR count). The van der Waals surface area contributed by atoms with E-state index in [9.17, 15) is 13.2 Å². The normalized spacial score (nSPS) is 18.2. The number of aromatic nitrogens is 1. The third kappa shape index (κ3) is 4.93. The molecule has 0 saturated carbocycles. The topological polar surface area (TPSA) is 17.4 Å². The number of piperidine rings is 1. The maximum absolute atomic E-state index is 12.7. The Bertz CT molecular complexity index is 933. The van der Waals surface area contributed by atoms with Crippen molar-refractivity contribution in [3.8, 4) is 5.75 Å². The maximum atomic E-state index is 12.7. The van der Waals surface area contributed by atoms with Crippen molar-refractivity contribution >= 4 is 10.9 Å². The molecule has 1 atom stereocenters. The van der Waals surface area contributed by atoms with E-state index in [1.54, 1.807) is 0 Å². The fourth-order valence-corrected chi connectivity index (χ4v) is 4.03. The van der Waals surface area contributed by atoms with Crippen LogP contribution < -0.4 is 4.74 Å². The number of hydrogen-bond donors (Lipinski definition) is 0. The fourth-order valence-electron chi connectivity index (χ4n) is 4.03. The summed E-state index contributed by atoms with van der Waals surface area (Å²) in [5, 5.41) is 1.26. The molecule has 0 aliphatic carbocycles. The first-order chi connectivity index (χ1) is 14.0. The number of rotatable bonds is 6. The molecular formula is C23H25F3N2O. The number of likely N-dealkylation sites (tertiary alicyclic amines) is 1. The van der Waals surface area contributed by atoms with Gasteiger partial charge in [-0.3, -0.25) is 0 Å². The van der Waals surface area contributed by atoms with Crippen molar-refractivity contribution < 1.29 is 17.9 Å². The van der Waals surface area contributed by atoms with Crippen molar-refractivity contribution in [1.29, 1.82) is 0 Å². The van der Waals surface area contributed by atoms with E-state index >= 15 is 0 Å². The van der Waals surface area contributed by atoms with Crippen molar-refractivity contribution in [3.05, 3.63) is 66.4 Å². The van der Waals surface area contributed by atoms with Crippen LogP contribution in [0, 0.1) is 5.92 Å². The number of benzene rings is 2. The molecule has 3 aromatic rings. The lowest BCUT2D eigenvalue weighted by molar-refractivity contribution is -0.137. The van der Waals surface area contributed by atoms with Gasteiger partial charge in [0.05, 0.1) is 12.2 Å². The number of fused-ring (bicyclic) bond motifs is 1. The molecule has 29 heavy (non-hydrogen) atoms. The van der Waals surface area contributed by atoms with E-state index < -0.39 is 11.7 Å². The second-order valence-corrected chi connectivity index (χ2v) is 7.71. The summed E-state index contributed by atoms with van der Waals surface area (Å²) < 4.78 is 46.0. The first kappa shape index (κ1) is 19.8. The van der Waals surface area contributed by atoms with Gasteiger partial charge in [0, 0.05) is 37.3 Å². The highest BCUT2D eigenvalue weighted by molar-refractivity contribution is 5.79. The van der Waals surface area contributed by atoms with Crippen LogP contribution >= 0.6 is 0 Å². The van der Waals surface area contributed by atoms with Gasteiger partial charge in [0.2, 0.25) is 0 Å². The molecule has 1 fully saturated rings. The Hall–Kier alpha value is -2.47. The Morgan fingerprint density at radius 3 is 2.55 bits per heavy atom. The first-order valence-electron chi connectivity index (χ1n) is 10.1. The Morgan fingerprint density at radius 1 is 0.966 bits per heavy atom. The van der Waals surface area contributed by atoms with Gasteiger partial charge in [-0.2, -0.15) is 13.2 Å². The number of ether oxygens (including phenoxy) is 1. The second kappa shape index (κ2) is 8.49. The lowest BCUT2D eigenvalue weighted by Crippen LogP contribution is -2.39. The van der Waals surface area contributed by atoms with Crippen LogP contribution in [0.5, 0.6) is 5.75 Å². The van der Waals surface area contributed by atoms with Gasteiger partial charge in [0.25, 0.3) is 0 Å². The van der Waals surface area contributed by atoms with Crippen molar-refractivity contribution in [2.24, 2.45) is 5.92 Å². The average molecular weight is 402 g/mol. The van der Waals surface area contributed by atoms with Gasteiger partial charge < -0.3 is 14.2 Å². The number of para-hydroxylation sites is 1. The molecule has 2 heterocycles. The third-order valence-corrected chi connectivity index (χ3v) is 5.61. The zero-order chi connectivity index (χ0) is 20.3. The Labute approximate surface area is 168 Å². The van der Waals surface area contributed by atoms with Crippen molar-refractivity contribution in [1.82, 2.24) is 9.47 Å². The average Bonchev–Trinajstić information content (AvgIpc) is 3.14. The number of nitrogens with zero attached hydrogens (tertiary/aromatic N) is 2. The molecule has 1 aromatic heterocycles. The predicted molar refractivity (Wildman–Crippen MR) is 108 cm³/mol. The lowest BCUT2D eigenvalue weighted by atomic mass is 9.99. The molecule has 6 heteroatoms. The second-order valence-electron chi connectivity index (χ2n) is 7.71. The SMILES string of the molecule is FC(F)(F)c1ccc(OCC2CCCN(CCn3ccc4ccccc43)C2)cc1. The van der Waals surface area contributed by atoms with Gasteiger partial charge in [-0.1, -0.05) is 18.2 Å². The summed E-state index contributed by atoms with van der Waals surface area (Å²) in [6.45, 7) is 4.50. The monoisotopic (exact) mass is 402 g/mol. The number of halogens is 3. The molecule has 0 radical (unpaired) electrons. The minimum atomic E-state index is -4.31. The number of hydrogen-bond acceptors (Lipinski definition) is 2. The largest absolute Gasteiger partial charge is 0.493 e. The summed E-state index contributed by atoms with van der Waals surface area (Å²) in [7, 11) is 0. The fraction of sp³-hybridized carbons (Fsp3) is 0.391. The molecule has 1 saturated heterocycles. The Morgan fingerprint density at radius 2 is 1.76 bits per heavy atom. The van der Waals surface area contributed by atoms with Crippen molar-refractivity contribution in [2.45, 2.75) is 25.6 Å². The molecule has 1 unspecified atom stereocenters. The van der Waals surface area contributed by atoms with Gasteiger partial charge in [-0.05, 0) is 61.2 Å². The van der Waals surface area contributed by atoms with Crippen LogP contribution in [0.2, 0.25) is 0 Å². The van der Waals surface area contributed by atoms with Gasteiger partial charge >= 0.3 is 6.18 Å². The molecule has 0 bridgehead atoms. The molecule has 0 amide bonds. The van der Waals surface area contributed by atoms with Crippen LogP contribution in [0.3, 0.4) is 0 Å². The van der Waals surface area contributed by atoms with Crippen LogP contribution in [-0.4, -0.2) is 35.7 Å². The van der Waals surface area contributed by atoms with E-state index in [0.717, 1.165) is 51.2 Å². The maximum Gasteiger partial charge on any atom is 0.416 e. The van der Waals surface area contributed by atoms with Crippen LogP contribution in [0.1, 0.15) is 18.4 Å². The Balaban J connectivity index is 1.27. The molecule has 0 N–H and O–H groups in total. The highest BCUT2D eigenvalue weighted by atomic mass is 19.4. The quantitative estimate of drug-likeness (QED) is 0.545. The van der Waals surface area contributed by atoms with E-state index in [2.05, 4.69) is 46.0 Å². The molecule has 1 aliphatic heterocycles. The lowest BCUT2D eigenvalue weighted by Gasteiger charge is -2.32. The van der Waals surface area contributed by atoms with E-state index in [1.807, 2.05) is 0 Å². The molecule has 154 valence electrons. The standard InChI is InChI=1S/C23H25F3N2O/c24-23(25,26)20-7-9-21(10-8-20)29-17-18-4-3-12-27(16-18)14-15-28-13-11-19-5-1-2-6-22(19)28/h1-2,5-11,13,18H,3-4,12,14-17H2. The van der Waals surface area contributed by atoms with Crippen LogP contribution in [-0.2, 0) is 12.7 Å². The van der Waals surface area contributed by atoms with Crippen LogP contribution in [0.4, 0.5) is 13.2 Å². The van der Waals surface area contributed by atoms with E-state index in [-0.39, 0.29) is 0 Å². The first-order valence-corrected chi connectivity index (χ1v) is 10.1. The van der Waals surface area contributed by atoms with Gasteiger partial charge in [-0.15, -0.1) is 0 Å². The minimum absolute atomic E-state index is 0.396. The summed E-state index contributed by atoms with van der Waals surface area (Å²) in [5.41, 5.74) is 0.609. The molecule has 1 aliphatic rings. The van der Waals surface area contributed by atoms with Gasteiger partial charge in [-0.25, -0.2) is 0 Å². The van der Waals surface area contributed by atoms with E-state index in [1.165, 1.54) is 23.0 Å². The van der Waals surface area contributed by atoms with Crippen LogP contribution in [0.25, 0.3) is 10.9 Å². The van der Waals surface area contributed by atoms with Crippen LogP contribution in [0.15, 0.2) is 60.8 Å². The Kier molecular flexibility index (Phi) is 5.81. The zero-order valence-electron chi connectivity index (χ0n) is 16.2. The smallest absolute Gasteiger partial charge is 0.416 e. The van der Waals surface area contributed by atoms with Crippen molar-refractivity contribution in [2.75, 3.05) is 26.2 Å². The molecule has 0 spiro atoms. The summed E-state index contributed by atoms with van der Waals surface area (Å²) in [6, 6.07) is 15.5. The van der Waals surface area contributed by atoms with Gasteiger partial charge in [0.1, 0.15) is 5.75 Å². The highest BCUT2D eigenvalue weighted by Gasteiger charge is 2.30. The third-order valence-electron chi connectivity index (χ3n) is 5.61. The summed E-state index contributed by atoms with van der Waals surface area (Å²) >= 11 is 0. The van der Waals surface area contributed by atoms with Crippen molar-refractivity contribution in [3.63, 3.8) is 0 Å².